The SMILES string of the molecule is Fc1ccc(Nc2nncc(NCCCc3ccccc3)n2)cc1. The molecule has 0 spiro atoms. The van der Waals surface area contributed by atoms with Crippen molar-refractivity contribution in [2.24, 2.45) is 0 Å². The van der Waals surface area contributed by atoms with E-state index in [1.165, 1.54) is 17.7 Å². The molecule has 0 aliphatic rings. The molecule has 0 radical (unpaired) electrons. The first-order valence-corrected chi connectivity index (χ1v) is 7.80. The number of hydrogen-bond donors (Lipinski definition) is 2. The summed E-state index contributed by atoms with van der Waals surface area (Å²) in [4.78, 5) is 4.35. The highest BCUT2D eigenvalue weighted by Gasteiger charge is 2.01. The Morgan fingerprint density at radius 3 is 2.54 bits per heavy atom. The summed E-state index contributed by atoms with van der Waals surface area (Å²) in [5.41, 5.74) is 2.03. The van der Waals surface area contributed by atoms with Gasteiger partial charge in [-0.15, -0.1) is 5.10 Å². The van der Waals surface area contributed by atoms with Gasteiger partial charge in [-0.3, -0.25) is 0 Å². The molecule has 2 aromatic carbocycles. The Bertz CT molecular complexity index is 762. The summed E-state index contributed by atoms with van der Waals surface area (Å²) < 4.78 is 12.9. The summed E-state index contributed by atoms with van der Waals surface area (Å²) in [6.07, 6.45) is 3.58. The number of aromatic nitrogens is 3. The Morgan fingerprint density at radius 1 is 0.958 bits per heavy atom. The number of nitrogens with zero attached hydrogens (tertiary/aromatic N) is 3. The summed E-state index contributed by atoms with van der Waals surface area (Å²) in [5, 5.41) is 14.1. The molecule has 3 rings (SSSR count). The molecule has 0 aliphatic carbocycles. The molecule has 0 amide bonds. The number of nitrogens with one attached hydrogen (secondary N) is 2. The number of rotatable bonds is 7. The molecule has 1 aromatic heterocycles. The maximum atomic E-state index is 12.9. The summed E-state index contributed by atoms with van der Waals surface area (Å²) in [6, 6.07) is 16.4. The fourth-order valence-electron chi connectivity index (χ4n) is 2.26. The molecule has 2 N–H and O–H groups in total. The van der Waals surface area contributed by atoms with E-state index >= 15 is 0 Å². The van der Waals surface area contributed by atoms with Gasteiger partial charge < -0.3 is 10.6 Å². The molecule has 122 valence electrons. The molecule has 5 nitrogen and oxygen atoms in total. The summed E-state index contributed by atoms with van der Waals surface area (Å²) in [6.45, 7) is 0.795. The van der Waals surface area contributed by atoms with Crippen LogP contribution in [0.2, 0.25) is 0 Å². The molecule has 1 heterocycles. The highest BCUT2D eigenvalue weighted by atomic mass is 19.1. The van der Waals surface area contributed by atoms with Crippen molar-refractivity contribution in [2.45, 2.75) is 12.8 Å². The van der Waals surface area contributed by atoms with Crippen LogP contribution in [0.25, 0.3) is 0 Å². The maximum Gasteiger partial charge on any atom is 0.249 e. The predicted octanol–water partition coefficient (Wildman–Crippen LogP) is 3.80. The van der Waals surface area contributed by atoms with Crippen LogP contribution in [0.3, 0.4) is 0 Å². The van der Waals surface area contributed by atoms with Gasteiger partial charge in [0.05, 0.1) is 6.20 Å². The lowest BCUT2D eigenvalue weighted by molar-refractivity contribution is 0.628. The molecule has 24 heavy (non-hydrogen) atoms. The summed E-state index contributed by atoms with van der Waals surface area (Å²) >= 11 is 0. The van der Waals surface area contributed by atoms with Gasteiger partial charge in [-0.05, 0) is 42.7 Å². The molecule has 0 bridgehead atoms. The molecule has 0 aliphatic heterocycles. The van der Waals surface area contributed by atoms with Crippen molar-refractivity contribution >= 4 is 17.5 Å². The quantitative estimate of drug-likeness (QED) is 0.648. The fourth-order valence-corrected chi connectivity index (χ4v) is 2.26. The monoisotopic (exact) mass is 323 g/mol. The van der Waals surface area contributed by atoms with E-state index in [1.807, 2.05) is 18.2 Å². The second-order valence-electron chi connectivity index (χ2n) is 5.31. The van der Waals surface area contributed by atoms with Crippen LogP contribution in [0.4, 0.5) is 21.8 Å². The third-order valence-electron chi connectivity index (χ3n) is 3.45. The lowest BCUT2D eigenvalue weighted by atomic mass is 10.1. The summed E-state index contributed by atoms with van der Waals surface area (Å²) in [5.74, 6) is 0.741. The minimum Gasteiger partial charge on any atom is -0.369 e. The number of halogens is 1. The van der Waals surface area contributed by atoms with Crippen molar-refractivity contribution in [2.75, 3.05) is 17.2 Å². The van der Waals surface area contributed by atoms with Crippen LogP contribution in [-0.2, 0) is 6.42 Å². The topological polar surface area (TPSA) is 62.7 Å². The normalized spacial score (nSPS) is 10.4. The Balaban J connectivity index is 1.50. The fraction of sp³-hybridized carbons (Fsp3) is 0.167. The van der Waals surface area contributed by atoms with Crippen LogP contribution in [0, 0.1) is 5.82 Å². The van der Waals surface area contributed by atoms with Crippen LogP contribution in [0.1, 0.15) is 12.0 Å². The second kappa shape index (κ2) is 8.01. The Morgan fingerprint density at radius 2 is 1.75 bits per heavy atom. The highest BCUT2D eigenvalue weighted by Crippen LogP contribution is 2.14. The van der Waals surface area contributed by atoms with Gasteiger partial charge in [0, 0.05) is 12.2 Å². The summed E-state index contributed by atoms with van der Waals surface area (Å²) in [7, 11) is 0. The van der Waals surface area contributed by atoms with Gasteiger partial charge in [0.1, 0.15) is 5.82 Å². The number of anilines is 3. The van der Waals surface area contributed by atoms with Crippen molar-refractivity contribution in [3.63, 3.8) is 0 Å². The first kappa shape index (κ1) is 15.9. The lowest BCUT2D eigenvalue weighted by Crippen LogP contribution is -2.07. The highest BCUT2D eigenvalue weighted by molar-refractivity contribution is 5.53. The third kappa shape index (κ3) is 4.74. The van der Waals surface area contributed by atoms with E-state index < -0.39 is 0 Å². The Hall–Kier alpha value is -3.02. The molecular weight excluding hydrogens is 305 g/mol. The van der Waals surface area contributed by atoms with E-state index in [0.717, 1.165) is 19.4 Å². The van der Waals surface area contributed by atoms with Gasteiger partial charge in [-0.1, -0.05) is 30.3 Å². The molecule has 0 saturated heterocycles. The van der Waals surface area contributed by atoms with Crippen LogP contribution < -0.4 is 10.6 Å². The number of aryl methyl sites for hydroxylation is 1. The third-order valence-corrected chi connectivity index (χ3v) is 3.45. The van der Waals surface area contributed by atoms with Crippen molar-refractivity contribution in [3.05, 3.63) is 72.2 Å². The Labute approximate surface area is 140 Å². The number of benzene rings is 2. The molecule has 3 aromatic rings. The van der Waals surface area contributed by atoms with E-state index in [0.29, 0.717) is 17.5 Å². The minimum absolute atomic E-state index is 0.284. The molecule has 0 saturated carbocycles. The van der Waals surface area contributed by atoms with Gasteiger partial charge >= 0.3 is 0 Å². The lowest BCUT2D eigenvalue weighted by Gasteiger charge is -2.07. The predicted molar refractivity (Wildman–Crippen MR) is 92.8 cm³/mol. The molecule has 6 heteroatoms. The average Bonchev–Trinajstić information content (AvgIpc) is 2.62. The van der Waals surface area contributed by atoms with Crippen molar-refractivity contribution in [3.8, 4) is 0 Å². The van der Waals surface area contributed by atoms with E-state index in [1.54, 1.807) is 18.3 Å². The van der Waals surface area contributed by atoms with E-state index in [9.17, 15) is 4.39 Å². The zero-order chi connectivity index (χ0) is 16.6. The van der Waals surface area contributed by atoms with Gasteiger partial charge in [0.15, 0.2) is 5.82 Å². The van der Waals surface area contributed by atoms with E-state index in [4.69, 9.17) is 0 Å². The smallest absolute Gasteiger partial charge is 0.249 e. The molecular formula is C18H18FN5. The van der Waals surface area contributed by atoms with Crippen LogP contribution >= 0.6 is 0 Å². The van der Waals surface area contributed by atoms with E-state index in [-0.39, 0.29) is 5.82 Å². The zero-order valence-electron chi connectivity index (χ0n) is 13.1. The number of hydrogen-bond acceptors (Lipinski definition) is 5. The van der Waals surface area contributed by atoms with Gasteiger partial charge in [-0.25, -0.2) is 4.39 Å². The van der Waals surface area contributed by atoms with Gasteiger partial charge in [-0.2, -0.15) is 10.1 Å². The first-order chi connectivity index (χ1) is 11.8. The van der Waals surface area contributed by atoms with Crippen LogP contribution in [-0.4, -0.2) is 21.7 Å². The minimum atomic E-state index is -0.284. The molecule has 0 atom stereocenters. The van der Waals surface area contributed by atoms with Crippen molar-refractivity contribution in [1.29, 1.82) is 0 Å². The largest absolute Gasteiger partial charge is 0.369 e. The second-order valence-corrected chi connectivity index (χ2v) is 5.31. The zero-order valence-corrected chi connectivity index (χ0v) is 13.1. The van der Waals surface area contributed by atoms with Crippen molar-refractivity contribution in [1.82, 2.24) is 15.2 Å². The van der Waals surface area contributed by atoms with Gasteiger partial charge in [0.25, 0.3) is 0 Å². The van der Waals surface area contributed by atoms with Crippen LogP contribution in [0.5, 0.6) is 0 Å². The average molecular weight is 323 g/mol. The standard InChI is InChI=1S/C18H18FN5/c19-15-8-10-16(11-9-15)22-18-23-17(13-21-24-18)20-12-4-7-14-5-2-1-3-6-14/h1-3,5-6,8-11,13H,4,7,12H2,(H2,20,22,23,24). The Kier molecular flexibility index (Phi) is 5.29. The van der Waals surface area contributed by atoms with Crippen molar-refractivity contribution < 1.29 is 4.39 Å². The first-order valence-electron chi connectivity index (χ1n) is 7.80. The van der Waals surface area contributed by atoms with Gasteiger partial charge in [0.2, 0.25) is 5.95 Å². The van der Waals surface area contributed by atoms with E-state index in [2.05, 4.69) is 37.9 Å². The van der Waals surface area contributed by atoms with Crippen LogP contribution in [0.15, 0.2) is 60.8 Å². The molecule has 0 unspecified atom stereocenters. The molecule has 0 fully saturated rings. The maximum absolute atomic E-state index is 12.9.